The van der Waals surface area contributed by atoms with Crippen molar-refractivity contribution in [3.8, 4) is 0 Å². The van der Waals surface area contributed by atoms with Crippen molar-refractivity contribution in [1.29, 1.82) is 0 Å². The molecular formula is C30H33EuF21O6. The van der Waals surface area contributed by atoms with Gasteiger partial charge >= 0.3 is 54.1 Å². The SMILES string of the molecule is [2H]C(C(=O)C(F)(F)C(F)(F)C(F)(F)F)=C(O)C(C([2H])([2H])[2H])(C([2H])([2H])[2H])C([2H])([2H])[2H].[2H]C(C(=O)C(F)(F)C(F)(F)C(F)(F)F)=C(O)C(C([2H])([2H])[2H])(C([2H])([2H])[2H])C([2H])([2H])[2H].[2H]C(C(=O)C(F)(F)C(F)(F)C(F)(F)F)=C(O)C(C([2H])([2H])[2H])(C([2H])([2H])[2H])C([2H])([2H])[2H].[Eu]. The van der Waals surface area contributed by atoms with E-state index in [2.05, 4.69) is 0 Å². The second kappa shape index (κ2) is 19.2. The van der Waals surface area contributed by atoms with Gasteiger partial charge in [-0.1, -0.05) is 61.7 Å². The van der Waals surface area contributed by atoms with E-state index in [-0.39, 0.29) is 49.4 Å². The molecule has 0 aliphatic carbocycles. The normalized spacial score (nSPS) is 25.4. The Morgan fingerprint density at radius 3 is 0.621 bits per heavy atom. The number of ketones is 3. The molecule has 343 valence electrons. The summed E-state index contributed by atoms with van der Waals surface area (Å²) in [6.07, 6.45) is -21.2. The number of carbonyl (C=O) groups excluding carboxylic acids is 3. The molecule has 0 aliphatic heterocycles. The van der Waals surface area contributed by atoms with E-state index in [1.165, 1.54) is 0 Å². The number of allylic oxidation sites excluding steroid dienone is 6. The van der Waals surface area contributed by atoms with Crippen LogP contribution in [0.3, 0.4) is 0 Å². The molecule has 58 heavy (non-hydrogen) atoms. The maximum Gasteiger partial charge on any atom is 0.460 e. The van der Waals surface area contributed by atoms with Crippen LogP contribution in [0.5, 0.6) is 0 Å². The molecule has 0 aliphatic rings. The van der Waals surface area contributed by atoms with Gasteiger partial charge in [-0.15, -0.1) is 0 Å². The average Bonchev–Trinajstić information content (AvgIpc) is 3.19. The van der Waals surface area contributed by atoms with Crippen LogP contribution in [0.1, 0.15) is 103 Å². The molecule has 0 rings (SSSR count). The van der Waals surface area contributed by atoms with Gasteiger partial charge in [0.25, 0.3) is 0 Å². The van der Waals surface area contributed by atoms with Gasteiger partial charge < -0.3 is 15.3 Å². The van der Waals surface area contributed by atoms with Gasteiger partial charge in [-0.2, -0.15) is 92.2 Å². The van der Waals surface area contributed by atoms with Crippen molar-refractivity contribution in [2.24, 2.45) is 16.2 Å². The van der Waals surface area contributed by atoms with Gasteiger partial charge in [-0.05, 0) is 0 Å². The molecule has 28 heteroatoms. The van der Waals surface area contributed by atoms with Crippen LogP contribution in [0.15, 0.2) is 35.4 Å². The molecule has 0 saturated heterocycles. The zero-order chi connectivity index (χ0) is 72.7. The Labute approximate surface area is 397 Å². The monoisotopic (exact) mass is 1070 g/mol. The summed E-state index contributed by atoms with van der Waals surface area (Å²) in [7, 11) is 0. The van der Waals surface area contributed by atoms with Crippen LogP contribution in [0.4, 0.5) is 92.2 Å². The van der Waals surface area contributed by atoms with Crippen LogP contribution >= 0.6 is 0 Å². The molecule has 1 radical (unpaired) electrons. The smallest absolute Gasteiger partial charge is 0.460 e. The predicted molar refractivity (Wildman–Crippen MR) is 153 cm³/mol. The summed E-state index contributed by atoms with van der Waals surface area (Å²) in [5.74, 6) is -62.2. The Morgan fingerprint density at radius 1 is 0.379 bits per heavy atom. The predicted octanol–water partition coefficient (Wildman–Crippen LogP) is 11.6. The van der Waals surface area contributed by atoms with E-state index in [1.807, 2.05) is 0 Å². The third kappa shape index (κ3) is 15.0. The van der Waals surface area contributed by atoms with E-state index in [1.54, 1.807) is 0 Å². The molecule has 0 aromatic rings. The molecule has 6 nitrogen and oxygen atoms in total. The van der Waals surface area contributed by atoms with Crippen molar-refractivity contribution in [3.05, 3.63) is 35.4 Å². The van der Waals surface area contributed by atoms with E-state index >= 15 is 0 Å². The second-order valence-corrected chi connectivity index (χ2v) is 9.60. The van der Waals surface area contributed by atoms with E-state index in [0.717, 1.165) is 0 Å². The number of alkyl halides is 21. The zero-order valence-electron chi connectivity index (χ0n) is 55.9. The summed E-state index contributed by atoms with van der Waals surface area (Å²) >= 11 is 0. The fourth-order valence-corrected chi connectivity index (χ4v) is 1.80. The summed E-state index contributed by atoms with van der Waals surface area (Å²) in [5, 5.41) is 29.3. The van der Waals surface area contributed by atoms with E-state index < -0.39 is 185 Å². The minimum Gasteiger partial charge on any atom is -0.512 e. The van der Waals surface area contributed by atoms with Gasteiger partial charge in [0.1, 0.15) is 17.3 Å². The van der Waals surface area contributed by atoms with Gasteiger partial charge in [0, 0.05) is 121 Å². The van der Waals surface area contributed by atoms with Crippen LogP contribution in [0.2, 0.25) is 0 Å². The Kier molecular flexibility index (Phi) is 8.28. The molecule has 0 atom stereocenters. The number of aliphatic hydroxyl groups excluding tert-OH is 3. The van der Waals surface area contributed by atoms with Crippen molar-refractivity contribution in [2.75, 3.05) is 0 Å². The zero-order valence-corrected chi connectivity index (χ0v) is 28.3. The maximum atomic E-state index is 13.5. The number of hydrogen-bond donors (Lipinski definition) is 3. The van der Waals surface area contributed by atoms with E-state index in [4.69, 9.17) is 41.1 Å². The van der Waals surface area contributed by atoms with Crippen LogP contribution in [0.25, 0.3) is 0 Å². The first-order valence-corrected chi connectivity index (χ1v) is 12.0. The first-order chi connectivity index (χ1) is 36.7. The van der Waals surface area contributed by atoms with Gasteiger partial charge in [-0.25, -0.2) is 0 Å². The molecule has 0 amide bonds. The molecule has 0 spiro atoms. The molecular weight excluding hydrogens is 1010 g/mol. The van der Waals surface area contributed by atoms with Gasteiger partial charge in [0.05, 0.1) is 4.11 Å². The van der Waals surface area contributed by atoms with Crippen LogP contribution in [0, 0.1) is 65.6 Å². The van der Waals surface area contributed by atoms with Crippen molar-refractivity contribution in [2.45, 2.75) is 116 Å². The Hall–Kier alpha value is -2.26. The Balaban J connectivity index is -0.000000598. The largest absolute Gasteiger partial charge is 0.512 e. The van der Waals surface area contributed by atoms with Crippen molar-refractivity contribution < 1.29 is 212 Å². The van der Waals surface area contributed by atoms with Crippen LogP contribution in [-0.4, -0.2) is 86.7 Å². The Bertz CT molecular complexity index is 2240. The third-order valence-electron chi connectivity index (χ3n) is 4.87. The number of halogens is 21. The maximum absolute atomic E-state index is 13.5. The molecule has 0 fully saturated rings. The van der Waals surface area contributed by atoms with Crippen molar-refractivity contribution in [3.63, 3.8) is 0 Å². The topological polar surface area (TPSA) is 112 Å². The molecule has 3 N–H and O–H groups in total. The minimum absolute atomic E-state index is 0. The number of hydrogen-bond acceptors (Lipinski definition) is 6. The molecule has 0 saturated carbocycles. The quantitative estimate of drug-likeness (QED) is 0.120. The van der Waals surface area contributed by atoms with E-state index in [0.29, 0.717) is 0 Å². The number of aliphatic hydroxyl groups is 3. The van der Waals surface area contributed by atoms with Gasteiger partial charge in [-0.3, -0.25) is 14.4 Å². The third-order valence-corrected chi connectivity index (χ3v) is 4.87. The molecule has 0 unspecified atom stereocenters. The summed E-state index contributed by atoms with van der Waals surface area (Å²) in [6.45, 7) is -39.6. The first kappa shape index (κ1) is 25.0. The summed E-state index contributed by atoms with van der Waals surface area (Å²) in [5.41, 5.74) is -13.9. The molecule has 0 aromatic heterocycles. The fraction of sp³-hybridized carbons (Fsp3) is 0.700. The minimum atomic E-state index is -7.13. The van der Waals surface area contributed by atoms with Crippen LogP contribution in [-0.2, 0) is 14.4 Å². The van der Waals surface area contributed by atoms with Crippen molar-refractivity contribution in [1.82, 2.24) is 0 Å². The van der Waals surface area contributed by atoms with Gasteiger partial charge in [0.2, 0.25) is 17.3 Å². The average molecular weight is 1070 g/mol. The standard InChI is InChI=1S/3C10H11F7O2.Eu/c3*1-7(2,3)5(18)4-6(19)8(11,12)9(13,14)10(15,16)17;/h3*4,18H,1-3H3;/i3*1D3,2D3,3D3,4D;. The summed E-state index contributed by atoms with van der Waals surface area (Å²) in [6, 6.07) is -9.16. The van der Waals surface area contributed by atoms with Crippen LogP contribution < -0.4 is 0 Å². The van der Waals surface area contributed by atoms with Crippen molar-refractivity contribution >= 4 is 17.3 Å². The number of carbonyl (C=O) groups is 3. The fourth-order valence-electron chi connectivity index (χ4n) is 1.80. The first-order valence-electron chi connectivity index (χ1n) is 27.0. The molecule has 0 heterocycles. The summed E-state index contributed by atoms with van der Waals surface area (Å²) in [4.78, 5) is 34.3. The van der Waals surface area contributed by atoms with Gasteiger partial charge in [0.15, 0.2) is 0 Å². The molecule has 0 bridgehead atoms. The van der Waals surface area contributed by atoms with E-state index in [9.17, 15) is 122 Å². The second-order valence-electron chi connectivity index (χ2n) is 9.60. The molecule has 0 aromatic carbocycles. The Morgan fingerprint density at radius 2 is 0.517 bits per heavy atom. The summed E-state index contributed by atoms with van der Waals surface area (Å²) < 4.78 is 481. The number of rotatable bonds is 9.